The van der Waals surface area contributed by atoms with E-state index < -0.39 is 4.92 Å². The molecule has 0 bridgehead atoms. The molecule has 2 aromatic rings. The molecule has 0 saturated carbocycles. The summed E-state index contributed by atoms with van der Waals surface area (Å²) < 4.78 is 0. The molecule has 18 heavy (non-hydrogen) atoms. The molecular formula is C13H13N3O2. The van der Waals surface area contributed by atoms with Gasteiger partial charge in [0, 0.05) is 11.8 Å². The molecule has 0 fully saturated rings. The van der Waals surface area contributed by atoms with Gasteiger partial charge in [0.15, 0.2) is 0 Å². The molecular weight excluding hydrogens is 230 g/mol. The van der Waals surface area contributed by atoms with E-state index >= 15 is 0 Å². The fourth-order valence-electron chi connectivity index (χ4n) is 1.76. The van der Waals surface area contributed by atoms with Gasteiger partial charge in [-0.05, 0) is 43.2 Å². The third-order valence-electron chi connectivity index (χ3n) is 2.45. The predicted molar refractivity (Wildman–Crippen MR) is 70.1 cm³/mol. The molecule has 1 heterocycles. The molecule has 5 heteroatoms. The molecule has 1 N–H and O–H groups in total. The fourth-order valence-corrected chi connectivity index (χ4v) is 1.76. The minimum atomic E-state index is -0.465. The molecule has 0 spiro atoms. The molecule has 0 atom stereocenters. The zero-order valence-electron chi connectivity index (χ0n) is 10.2. The van der Waals surface area contributed by atoms with E-state index in [1.807, 2.05) is 26.0 Å². The number of hydrogen-bond donors (Lipinski definition) is 1. The lowest BCUT2D eigenvalue weighted by Crippen LogP contribution is -1.95. The number of nitro groups is 1. The number of aryl methyl sites for hydroxylation is 2. The first-order valence-electron chi connectivity index (χ1n) is 5.50. The van der Waals surface area contributed by atoms with Gasteiger partial charge in [-0.25, -0.2) is 4.98 Å². The van der Waals surface area contributed by atoms with E-state index in [9.17, 15) is 10.1 Å². The van der Waals surface area contributed by atoms with Crippen molar-refractivity contribution in [2.45, 2.75) is 13.8 Å². The van der Waals surface area contributed by atoms with E-state index in [4.69, 9.17) is 0 Å². The number of nitrogens with one attached hydrogen (secondary N) is 1. The Morgan fingerprint density at radius 3 is 2.33 bits per heavy atom. The van der Waals surface area contributed by atoms with E-state index in [2.05, 4.69) is 16.4 Å². The van der Waals surface area contributed by atoms with Crippen LogP contribution in [0.1, 0.15) is 11.1 Å². The van der Waals surface area contributed by atoms with Gasteiger partial charge in [0.1, 0.15) is 12.0 Å². The summed E-state index contributed by atoms with van der Waals surface area (Å²) in [5.41, 5.74) is 3.22. The van der Waals surface area contributed by atoms with E-state index in [0.29, 0.717) is 5.82 Å². The van der Waals surface area contributed by atoms with Crippen molar-refractivity contribution in [1.29, 1.82) is 0 Å². The second-order valence-electron chi connectivity index (χ2n) is 4.16. The minimum absolute atomic E-state index is 0.0130. The Morgan fingerprint density at radius 2 is 1.83 bits per heavy atom. The lowest BCUT2D eigenvalue weighted by atomic mass is 10.1. The van der Waals surface area contributed by atoms with Gasteiger partial charge in [0.05, 0.1) is 4.92 Å². The molecule has 0 saturated heterocycles. The van der Waals surface area contributed by atoms with Gasteiger partial charge in [-0.1, -0.05) is 6.07 Å². The molecule has 0 radical (unpaired) electrons. The minimum Gasteiger partial charge on any atom is -0.340 e. The Kier molecular flexibility index (Phi) is 3.23. The van der Waals surface area contributed by atoms with Crippen LogP contribution in [0.2, 0.25) is 0 Å². The highest BCUT2D eigenvalue weighted by Gasteiger charge is 2.05. The Morgan fingerprint density at radius 1 is 1.17 bits per heavy atom. The second-order valence-corrected chi connectivity index (χ2v) is 4.16. The average molecular weight is 243 g/mol. The monoisotopic (exact) mass is 243 g/mol. The van der Waals surface area contributed by atoms with Crippen LogP contribution in [0.15, 0.2) is 36.5 Å². The Balaban J connectivity index is 2.20. The molecule has 0 amide bonds. The molecule has 1 aromatic heterocycles. The summed E-state index contributed by atoms with van der Waals surface area (Å²) in [4.78, 5) is 14.0. The standard InChI is InChI=1S/C13H13N3O2/c1-9-5-10(2)7-11(6-9)15-13-4-3-12(8-14-13)16(17)18/h3-8H,1-2H3,(H,14,15). The molecule has 0 aliphatic heterocycles. The van der Waals surface area contributed by atoms with Gasteiger partial charge in [0.2, 0.25) is 0 Å². The highest BCUT2D eigenvalue weighted by molar-refractivity contribution is 5.58. The number of pyridine rings is 1. The van der Waals surface area contributed by atoms with Crippen LogP contribution < -0.4 is 5.32 Å². The number of benzene rings is 1. The van der Waals surface area contributed by atoms with Crippen molar-refractivity contribution in [1.82, 2.24) is 4.98 Å². The Bertz CT molecular complexity index is 559. The van der Waals surface area contributed by atoms with Crippen LogP contribution in [0.4, 0.5) is 17.2 Å². The van der Waals surface area contributed by atoms with Crippen LogP contribution in [-0.4, -0.2) is 9.91 Å². The third-order valence-corrected chi connectivity index (χ3v) is 2.45. The Labute approximate surface area is 105 Å². The predicted octanol–water partition coefficient (Wildman–Crippen LogP) is 3.35. The normalized spacial score (nSPS) is 10.1. The molecule has 5 nitrogen and oxygen atoms in total. The first kappa shape index (κ1) is 12.0. The van der Waals surface area contributed by atoms with Crippen LogP contribution in [-0.2, 0) is 0 Å². The summed E-state index contributed by atoms with van der Waals surface area (Å²) in [5.74, 6) is 0.589. The van der Waals surface area contributed by atoms with Crippen LogP contribution in [0.5, 0.6) is 0 Å². The summed E-state index contributed by atoms with van der Waals surface area (Å²) in [5, 5.41) is 13.6. The van der Waals surface area contributed by atoms with Crippen molar-refractivity contribution in [3.05, 3.63) is 57.8 Å². The van der Waals surface area contributed by atoms with Gasteiger partial charge in [-0.2, -0.15) is 0 Å². The van der Waals surface area contributed by atoms with E-state index in [1.165, 1.54) is 12.3 Å². The van der Waals surface area contributed by atoms with E-state index in [-0.39, 0.29) is 5.69 Å². The van der Waals surface area contributed by atoms with Gasteiger partial charge in [0.25, 0.3) is 5.69 Å². The van der Waals surface area contributed by atoms with E-state index in [1.54, 1.807) is 6.07 Å². The van der Waals surface area contributed by atoms with Crippen LogP contribution in [0, 0.1) is 24.0 Å². The van der Waals surface area contributed by atoms with Gasteiger partial charge in [-0.3, -0.25) is 10.1 Å². The van der Waals surface area contributed by atoms with E-state index in [0.717, 1.165) is 16.8 Å². The maximum absolute atomic E-state index is 10.5. The number of anilines is 2. The first-order valence-corrected chi connectivity index (χ1v) is 5.50. The molecule has 0 aliphatic rings. The summed E-state index contributed by atoms with van der Waals surface area (Å²) in [6.45, 7) is 4.03. The number of aromatic nitrogens is 1. The van der Waals surface area contributed by atoms with Gasteiger partial charge in [-0.15, -0.1) is 0 Å². The SMILES string of the molecule is Cc1cc(C)cc(Nc2ccc([N+](=O)[O-])cn2)c1. The van der Waals surface area contributed by atoms with Crippen molar-refractivity contribution in [3.8, 4) is 0 Å². The quantitative estimate of drug-likeness (QED) is 0.663. The first-order chi connectivity index (χ1) is 8.54. The van der Waals surface area contributed by atoms with Crippen molar-refractivity contribution in [3.63, 3.8) is 0 Å². The molecule has 2 rings (SSSR count). The zero-order chi connectivity index (χ0) is 13.1. The number of rotatable bonds is 3. The average Bonchev–Trinajstić information content (AvgIpc) is 2.28. The lowest BCUT2D eigenvalue weighted by Gasteiger charge is -2.07. The molecule has 0 aliphatic carbocycles. The smallest absolute Gasteiger partial charge is 0.287 e. The summed E-state index contributed by atoms with van der Waals surface area (Å²) in [6, 6.07) is 9.09. The van der Waals surface area contributed by atoms with Crippen molar-refractivity contribution >= 4 is 17.2 Å². The van der Waals surface area contributed by atoms with Crippen molar-refractivity contribution < 1.29 is 4.92 Å². The largest absolute Gasteiger partial charge is 0.340 e. The number of nitrogens with zero attached hydrogens (tertiary/aromatic N) is 2. The van der Waals surface area contributed by atoms with Crippen LogP contribution in [0.3, 0.4) is 0 Å². The summed E-state index contributed by atoms with van der Waals surface area (Å²) >= 11 is 0. The highest BCUT2D eigenvalue weighted by atomic mass is 16.6. The fraction of sp³-hybridized carbons (Fsp3) is 0.154. The summed E-state index contributed by atoms with van der Waals surface area (Å²) in [7, 11) is 0. The molecule has 92 valence electrons. The lowest BCUT2D eigenvalue weighted by molar-refractivity contribution is -0.385. The maximum atomic E-state index is 10.5. The Hall–Kier alpha value is -2.43. The molecule has 1 aromatic carbocycles. The van der Waals surface area contributed by atoms with Crippen LogP contribution >= 0.6 is 0 Å². The maximum Gasteiger partial charge on any atom is 0.287 e. The molecule has 0 unspecified atom stereocenters. The third kappa shape index (κ3) is 2.82. The zero-order valence-corrected chi connectivity index (χ0v) is 10.2. The van der Waals surface area contributed by atoms with Crippen molar-refractivity contribution in [2.75, 3.05) is 5.32 Å². The van der Waals surface area contributed by atoms with Gasteiger partial charge < -0.3 is 5.32 Å². The number of hydrogen-bond acceptors (Lipinski definition) is 4. The summed E-state index contributed by atoms with van der Waals surface area (Å²) in [6.07, 6.45) is 1.24. The van der Waals surface area contributed by atoms with Crippen LogP contribution in [0.25, 0.3) is 0 Å². The topological polar surface area (TPSA) is 68.1 Å². The second kappa shape index (κ2) is 4.83. The highest BCUT2D eigenvalue weighted by Crippen LogP contribution is 2.19. The van der Waals surface area contributed by atoms with Gasteiger partial charge >= 0.3 is 0 Å². The van der Waals surface area contributed by atoms with Crippen molar-refractivity contribution in [2.24, 2.45) is 0 Å².